The molecule has 196 valence electrons. The fraction of sp³-hybridized carbons (Fsp3) is 0.367. The van der Waals surface area contributed by atoms with Crippen LogP contribution in [0.4, 0.5) is 0 Å². The van der Waals surface area contributed by atoms with E-state index >= 15 is 0 Å². The van der Waals surface area contributed by atoms with Crippen LogP contribution < -0.4 is 0 Å². The van der Waals surface area contributed by atoms with E-state index in [1.54, 1.807) is 6.92 Å². The molecule has 1 aliphatic heterocycles. The summed E-state index contributed by atoms with van der Waals surface area (Å²) in [5.74, 6) is -3.03. The van der Waals surface area contributed by atoms with Crippen molar-refractivity contribution in [3.8, 4) is 0 Å². The van der Waals surface area contributed by atoms with Crippen LogP contribution in [0.15, 0.2) is 91.0 Å². The Labute approximate surface area is 217 Å². The van der Waals surface area contributed by atoms with Crippen LogP contribution in [-0.4, -0.2) is 48.4 Å². The Bertz CT molecular complexity index is 1080. The van der Waals surface area contributed by atoms with Gasteiger partial charge in [0.15, 0.2) is 0 Å². The molecule has 4 atom stereocenters. The zero-order valence-electron chi connectivity index (χ0n) is 21.0. The van der Waals surface area contributed by atoms with E-state index < -0.39 is 30.1 Å². The highest BCUT2D eigenvalue weighted by Crippen LogP contribution is 2.33. The molecule has 1 fully saturated rings. The molecule has 1 N–H and O–H groups in total. The van der Waals surface area contributed by atoms with Crippen molar-refractivity contribution in [2.45, 2.75) is 57.3 Å². The molecule has 1 aliphatic rings. The van der Waals surface area contributed by atoms with Crippen LogP contribution in [0, 0.1) is 0 Å². The predicted molar refractivity (Wildman–Crippen MR) is 137 cm³/mol. The fourth-order valence-corrected chi connectivity index (χ4v) is 4.28. The van der Waals surface area contributed by atoms with Gasteiger partial charge in [-0.3, -0.25) is 0 Å². The standard InChI is InChI=1S/C30H34O7/c1-2-34-29(31)30(32)18-26(35-20-24-14-8-4-9-15-24)28(36-21-25-16-10-5-11-17-25)27(37-30)22-33-19-23-12-6-3-7-13-23/h3-17,26-28,32H,2,18-22H2,1H3/t26-,27-,28+,30-/m1/s1. The molecule has 3 aromatic rings. The molecular weight excluding hydrogens is 472 g/mol. The molecule has 0 bridgehead atoms. The Morgan fingerprint density at radius 2 is 1.35 bits per heavy atom. The molecule has 0 aliphatic carbocycles. The van der Waals surface area contributed by atoms with Crippen LogP contribution in [0.1, 0.15) is 30.0 Å². The number of hydrogen-bond donors (Lipinski definition) is 1. The monoisotopic (exact) mass is 506 g/mol. The molecular formula is C30H34O7. The highest BCUT2D eigenvalue weighted by atomic mass is 16.7. The normalized spacial score (nSPS) is 23.5. The van der Waals surface area contributed by atoms with Crippen molar-refractivity contribution in [1.29, 1.82) is 0 Å². The van der Waals surface area contributed by atoms with E-state index in [0.717, 1.165) is 16.7 Å². The largest absolute Gasteiger partial charge is 0.462 e. The molecule has 0 saturated carbocycles. The summed E-state index contributed by atoms with van der Waals surface area (Å²) in [5.41, 5.74) is 2.95. The fourth-order valence-electron chi connectivity index (χ4n) is 4.28. The minimum Gasteiger partial charge on any atom is -0.462 e. The lowest BCUT2D eigenvalue weighted by Gasteiger charge is -2.44. The van der Waals surface area contributed by atoms with E-state index in [0.29, 0.717) is 13.2 Å². The quantitative estimate of drug-likeness (QED) is 0.364. The first-order valence-corrected chi connectivity index (χ1v) is 12.6. The zero-order chi connectivity index (χ0) is 25.9. The summed E-state index contributed by atoms with van der Waals surface area (Å²) in [7, 11) is 0. The molecule has 4 rings (SSSR count). The maximum absolute atomic E-state index is 12.7. The molecule has 37 heavy (non-hydrogen) atoms. The van der Waals surface area contributed by atoms with Crippen LogP contribution in [0.3, 0.4) is 0 Å². The highest BCUT2D eigenvalue weighted by molar-refractivity contribution is 5.77. The Morgan fingerprint density at radius 3 is 1.89 bits per heavy atom. The van der Waals surface area contributed by atoms with Gasteiger partial charge < -0.3 is 28.8 Å². The summed E-state index contributed by atoms with van der Waals surface area (Å²) >= 11 is 0. The van der Waals surface area contributed by atoms with Crippen molar-refractivity contribution < 1.29 is 33.6 Å². The average molecular weight is 507 g/mol. The van der Waals surface area contributed by atoms with Crippen LogP contribution >= 0.6 is 0 Å². The minimum atomic E-state index is -2.18. The van der Waals surface area contributed by atoms with Crippen LogP contribution in [0.5, 0.6) is 0 Å². The lowest BCUT2D eigenvalue weighted by atomic mass is 9.95. The molecule has 7 nitrogen and oxygen atoms in total. The van der Waals surface area contributed by atoms with Gasteiger partial charge in [0.1, 0.15) is 12.2 Å². The van der Waals surface area contributed by atoms with Gasteiger partial charge in [-0.25, -0.2) is 4.79 Å². The third-order valence-corrected chi connectivity index (χ3v) is 6.14. The van der Waals surface area contributed by atoms with Crippen molar-refractivity contribution in [1.82, 2.24) is 0 Å². The number of rotatable bonds is 12. The van der Waals surface area contributed by atoms with Gasteiger partial charge in [0.2, 0.25) is 0 Å². The van der Waals surface area contributed by atoms with E-state index in [4.69, 9.17) is 23.7 Å². The van der Waals surface area contributed by atoms with Crippen molar-refractivity contribution in [3.05, 3.63) is 108 Å². The number of carbonyl (C=O) groups is 1. The number of esters is 1. The smallest absolute Gasteiger partial charge is 0.366 e. The van der Waals surface area contributed by atoms with E-state index in [2.05, 4.69) is 0 Å². The SMILES string of the molecule is CCOC(=O)[C@@]1(O)C[C@@H](OCc2ccccc2)[C@H](OCc2ccccc2)[C@@H](COCc2ccccc2)O1. The molecule has 1 heterocycles. The number of ether oxygens (including phenoxy) is 5. The van der Waals surface area contributed by atoms with Gasteiger partial charge in [0.25, 0.3) is 5.79 Å². The van der Waals surface area contributed by atoms with E-state index in [1.165, 1.54) is 0 Å². The Balaban J connectivity index is 1.54. The van der Waals surface area contributed by atoms with Crippen LogP contribution in [-0.2, 0) is 48.3 Å². The summed E-state index contributed by atoms with van der Waals surface area (Å²) in [5, 5.41) is 11.2. The van der Waals surface area contributed by atoms with Crippen molar-refractivity contribution in [2.75, 3.05) is 13.2 Å². The summed E-state index contributed by atoms with van der Waals surface area (Å²) in [6.45, 7) is 2.82. The maximum atomic E-state index is 12.7. The van der Waals surface area contributed by atoms with Gasteiger partial charge in [0.05, 0.1) is 39.1 Å². The number of benzene rings is 3. The molecule has 7 heteroatoms. The first kappa shape index (κ1) is 27.0. The molecule has 0 unspecified atom stereocenters. The highest BCUT2D eigenvalue weighted by Gasteiger charge is 2.53. The van der Waals surface area contributed by atoms with E-state index in [-0.39, 0.29) is 26.2 Å². The summed E-state index contributed by atoms with van der Waals surface area (Å²) in [6, 6.07) is 29.2. The molecule has 0 radical (unpaired) electrons. The molecule has 1 saturated heterocycles. The van der Waals surface area contributed by atoms with Crippen LogP contribution in [0.25, 0.3) is 0 Å². The second kappa shape index (κ2) is 13.5. The average Bonchev–Trinajstić information content (AvgIpc) is 2.93. The van der Waals surface area contributed by atoms with Crippen molar-refractivity contribution in [2.24, 2.45) is 0 Å². The number of carbonyl (C=O) groups excluding carboxylic acids is 1. The zero-order valence-corrected chi connectivity index (χ0v) is 21.0. The minimum absolute atomic E-state index is 0.0846. The second-order valence-electron chi connectivity index (χ2n) is 8.96. The van der Waals surface area contributed by atoms with E-state index in [9.17, 15) is 9.90 Å². The van der Waals surface area contributed by atoms with Gasteiger partial charge in [-0.15, -0.1) is 0 Å². The van der Waals surface area contributed by atoms with Crippen molar-refractivity contribution >= 4 is 5.97 Å². The third kappa shape index (κ3) is 7.71. The molecule has 0 aromatic heterocycles. The summed E-state index contributed by atoms with van der Waals surface area (Å²) in [6.07, 6.45) is -2.17. The Morgan fingerprint density at radius 1 is 0.838 bits per heavy atom. The lowest BCUT2D eigenvalue weighted by Crippen LogP contribution is -2.61. The number of aliphatic hydroxyl groups is 1. The summed E-state index contributed by atoms with van der Waals surface area (Å²) in [4.78, 5) is 12.7. The van der Waals surface area contributed by atoms with Crippen molar-refractivity contribution in [3.63, 3.8) is 0 Å². The lowest BCUT2D eigenvalue weighted by molar-refractivity contribution is -0.314. The number of hydrogen-bond acceptors (Lipinski definition) is 7. The van der Waals surface area contributed by atoms with Gasteiger partial charge in [-0.2, -0.15) is 0 Å². The van der Waals surface area contributed by atoms with Gasteiger partial charge in [-0.1, -0.05) is 91.0 Å². The predicted octanol–water partition coefficient (Wildman–Crippen LogP) is 4.41. The second-order valence-corrected chi connectivity index (χ2v) is 8.96. The molecule has 0 amide bonds. The Hall–Kier alpha value is -3.07. The molecule has 3 aromatic carbocycles. The molecule has 0 spiro atoms. The Kier molecular flexibility index (Phi) is 9.82. The third-order valence-electron chi connectivity index (χ3n) is 6.14. The van der Waals surface area contributed by atoms with Gasteiger partial charge in [-0.05, 0) is 23.6 Å². The summed E-state index contributed by atoms with van der Waals surface area (Å²) < 4.78 is 29.6. The van der Waals surface area contributed by atoms with Gasteiger partial charge in [0, 0.05) is 6.42 Å². The van der Waals surface area contributed by atoms with E-state index in [1.807, 2.05) is 91.0 Å². The van der Waals surface area contributed by atoms with Gasteiger partial charge >= 0.3 is 5.97 Å². The van der Waals surface area contributed by atoms with Crippen LogP contribution in [0.2, 0.25) is 0 Å². The maximum Gasteiger partial charge on any atom is 0.366 e. The topological polar surface area (TPSA) is 83.5 Å². The first-order chi connectivity index (χ1) is 18.1. The first-order valence-electron chi connectivity index (χ1n) is 12.6.